The molecular weight excluding hydrogens is 334 g/mol. The number of hydrogen-bond acceptors (Lipinski definition) is 6. The molecule has 2 aromatic heterocycles. The molecule has 26 heavy (non-hydrogen) atoms. The predicted molar refractivity (Wildman–Crippen MR) is 94.6 cm³/mol. The van der Waals surface area contributed by atoms with Gasteiger partial charge >= 0.3 is 5.76 Å². The molecule has 3 N–H and O–H groups in total. The van der Waals surface area contributed by atoms with Crippen LogP contribution < -0.4 is 16.8 Å². The molecule has 1 aliphatic carbocycles. The van der Waals surface area contributed by atoms with Gasteiger partial charge < -0.3 is 15.5 Å². The van der Waals surface area contributed by atoms with Gasteiger partial charge in [-0.2, -0.15) is 5.26 Å². The van der Waals surface area contributed by atoms with Crippen molar-refractivity contribution in [1.29, 1.82) is 5.26 Å². The van der Waals surface area contributed by atoms with Gasteiger partial charge in [0, 0.05) is 17.3 Å². The van der Waals surface area contributed by atoms with Crippen molar-refractivity contribution in [3.05, 3.63) is 46.9 Å². The van der Waals surface area contributed by atoms with Gasteiger partial charge in [0.15, 0.2) is 0 Å². The van der Waals surface area contributed by atoms with Crippen LogP contribution in [0.25, 0.3) is 16.5 Å². The summed E-state index contributed by atoms with van der Waals surface area (Å²) >= 11 is 0. The first-order chi connectivity index (χ1) is 12.5. The van der Waals surface area contributed by atoms with Crippen LogP contribution in [0, 0.1) is 30.1 Å². The second-order valence-corrected chi connectivity index (χ2v) is 6.37. The monoisotopic (exact) mass is 349 g/mol. The number of nitrogens with one attached hydrogen (secondary N) is 1. The number of aromatic nitrogens is 2. The molecule has 0 unspecified atom stereocenters. The number of amides is 1. The average molecular weight is 349 g/mol. The van der Waals surface area contributed by atoms with Crippen LogP contribution in [-0.2, 0) is 4.79 Å². The normalized spacial score (nSPS) is 18.5. The summed E-state index contributed by atoms with van der Waals surface area (Å²) in [6.45, 7) is 1.75. The third-order valence-corrected chi connectivity index (χ3v) is 4.52. The van der Waals surface area contributed by atoms with E-state index in [-0.39, 0.29) is 17.7 Å². The number of pyridine rings is 1. The third kappa shape index (κ3) is 2.59. The van der Waals surface area contributed by atoms with Gasteiger partial charge in [0.1, 0.15) is 12.1 Å². The minimum atomic E-state index is -0.500. The van der Waals surface area contributed by atoms with Crippen LogP contribution in [-0.4, -0.2) is 15.5 Å². The van der Waals surface area contributed by atoms with E-state index in [0.717, 1.165) is 5.39 Å². The highest BCUT2D eigenvalue weighted by Crippen LogP contribution is 2.38. The maximum atomic E-state index is 12.1. The van der Waals surface area contributed by atoms with Crippen LogP contribution in [0.15, 0.2) is 39.9 Å². The Morgan fingerprint density at radius 3 is 2.92 bits per heavy atom. The molecule has 8 heteroatoms. The Morgan fingerprint density at radius 1 is 1.46 bits per heavy atom. The Bertz CT molecular complexity index is 1140. The summed E-state index contributed by atoms with van der Waals surface area (Å²) in [5.74, 6) is -0.830. The fourth-order valence-electron chi connectivity index (χ4n) is 3.01. The number of anilines is 2. The molecule has 1 fully saturated rings. The van der Waals surface area contributed by atoms with Crippen molar-refractivity contribution in [2.45, 2.75) is 13.3 Å². The molecule has 2 heterocycles. The first-order valence-corrected chi connectivity index (χ1v) is 8.05. The third-order valence-electron chi connectivity index (χ3n) is 4.52. The number of nitrogens with zero attached hydrogens (tertiary/aromatic N) is 3. The zero-order valence-corrected chi connectivity index (χ0v) is 13.9. The molecule has 8 nitrogen and oxygen atoms in total. The van der Waals surface area contributed by atoms with Crippen LogP contribution in [0.4, 0.5) is 11.5 Å². The highest BCUT2D eigenvalue weighted by Gasteiger charge is 2.43. The zero-order valence-electron chi connectivity index (χ0n) is 13.9. The summed E-state index contributed by atoms with van der Waals surface area (Å²) in [6, 6.07) is 7.23. The van der Waals surface area contributed by atoms with Crippen LogP contribution in [0.1, 0.15) is 12.1 Å². The fourth-order valence-corrected chi connectivity index (χ4v) is 3.01. The smallest absolute Gasteiger partial charge is 0.416 e. The highest BCUT2D eigenvalue weighted by atomic mass is 16.4. The van der Waals surface area contributed by atoms with Crippen LogP contribution in [0.3, 0.4) is 0 Å². The van der Waals surface area contributed by atoms with E-state index in [2.05, 4.69) is 16.4 Å². The Balaban J connectivity index is 1.72. The number of carbonyl (C=O) groups is 1. The Hall–Kier alpha value is -3.60. The minimum absolute atomic E-state index is 0.213. The Labute approximate surface area is 147 Å². The summed E-state index contributed by atoms with van der Waals surface area (Å²) < 4.78 is 6.32. The van der Waals surface area contributed by atoms with Gasteiger partial charge in [-0.25, -0.2) is 14.3 Å². The van der Waals surface area contributed by atoms with Gasteiger partial charge in [0.25, 0.3) is 0 Å². The van der Waals surface area contributed by atoms with Crippen molar-refractivity contribution in [2.24, 2.45) is 11.8 Å². The van der Waals surface area contributed by atoms with Gasteiger partial charge in [-0.15, -0.1) is 0 Å². The number of benzene rings is 1. The number of aryl methyl sites for hydroxylation is 1. The van der Waals surface area contributed by atoms with Crippen molar-refractivity contribution in [2.75, 3.05) is 11.1 Å². The maximum absolute atomic E-state index is 12.1. The predicted octanol–water partition coefficient (Wildman–Crippen LogP) is 1.97. The first kappa shape index (κ1) is 15.9. The number of rotatable bonds is 3. The molecule has 0 radical (unpaired) electrons. The molecule has 4 rings (SSSR count). The quantitative estimate of drug-likeness (QED) is 0.696. The average Bonchev–Trinajstić information content (AvgIpc) is 3.33. The van der Waals surface area contributed by atoms with Crippen LogP contribution in [0.5, 0.6) is 0 Å². The Morgan fingerprint density at radius 2 is 2.27 bits per heavy atom. The van der Waals surface area contributed by atoms with Gasteiger partial charge in [0.2, 0.25) is 5.91 Å². The summed E-state index contributed by atoms with van der Waals surface area (Å²) in [5.41, 5.74) is 7.78. The number of fused-ring (bicyclic) bond motifs is 1. The molecule has 0 bridgehead atoms. The molecule has 1 amide bonds. The topological polar surface area (TPSA) is 127 Å². The van der Waals surface area contributed by atoms with Gasteiger partial charge in [-0.3, -0.25) is 4.79 Å². The van der Waals surface area contributed by atoms with Gasteiger partial charge in [-0.05, 0) is 36.9 Å². The SMILES string of the molecule is Cc1coc(=O)n1-c1cc(N)c2cnc(NC(=O)[C@H]3C[C@@H]3C#N)cc2c1. The summed E-state index contributed by atoms with van der Waals surface area (Å²) in [7, 11) is 0. The second-order valence-electron chi connectivity index (χ2n) is 6.37. The lowest BCUT2D eigenvalue weighted by Crippen LogP contribution is -2.15. The summed E-state index contributed by atoms with van der Waals surface area (Å²) in [4.78, 5) is 28.2. The van der Waals surface area contributed by atoms with E-state index in [4.69, 9.17) is 15.4 Å². The lowest BCUT2D eigenvalue weighted by molar-refractivity contribution is -0.117. The van der Waals surface area contributed by atoms with Crippen molar-refractivity contribution < 1.29 is 9.21 Å². The lowest BCUT2D eigenvalue weighted by Gasteiger charge is -2.10. The maximum Gasteiger partial charge on any atom is 0.423 e. The highest BCUT2D eigenvalue weighted by molar-refractivity contribution is 5.99. The van der Waals surface area contributed by atoms with E-state index in [1.54, 1.807) is 31.3 Å². The first-order valence-electron chi connectivity index (χ1n) is 8.05. The molecule has 130 valence electrons. The fraction of sp³-hybridized carbons (Fsp3) is 0.222. The van der Waals surface area contributed by atoms with Crippen molar-refractivity contribution >= 4 is 28.2 Å². The second kappa shape index (κ2) is 5.74. The number of nitrogens with two attached hydrogens (primary N) is 1. The van der Waals surface area contributed by atoms with E-state index in [9.17, 15) is 9.59 Å². The zero-order chi connectivity index (χ0) is 18.4. The van der Waals surface area contributed by atoms with Crippen molar-refractivity contribution in [3.63, 3.8) is 0 Å². The lowest BCUT2D eigenvalue weighted by atomic mass is 10.1. The number of nitriles is 1. The molecule has 0 saturated heterocycles. The minimum Gasteiger partial charge on any atom is -0.416 e. The van der Waals surface area contributed by atoms with E-state index < -0.39 is 5.76 Å². The molecular formula is C18H15N5O3. The molecule has 1 aliphatic rings. The van der Waals surface area contributed by atoms with Crippen molar-refractivity contribution in [1.82, 2.24) is 9.55 Å². The van der Waals surface area contributed by atoms with E-state index in [1.807, 2.05) is 0 Å². The number of oxazole rings is 1. The molecule has 1 aromatic carbocycles. The standard InChI is InChI=1S/C18H15N5O3/c1-9-8-26-18(25)23(9)12-2-10-4-16(21-7-14(10)15(20)5-12)22-17(24)13-3-11(13)6-19/h2,4-5,7-8,11,13H,3,20H2,1H3,(H,21,22,24)/t11-,13+/m1/s1. The molecule has 0 spiro atoms. The number of carbonyl (C=O) groups excluding carboxylic acids is 1. The largest absolute Gasteiger partial charge is 0.423 e. The van der Waals surface area contributed by atoms with E-state index in [1.165, 1.54) is 10.8 Å². The van der Waals surface area contributed by atoms with Crippen molar-refractivity contribution in [3.8, 4) is 11.8 Å². The molecule has 3 aromatic rings. The summed E-state index contributed by atoms with van der Waals surface area (Å²) in [5, 5.41) is 13.0. The van der Waals surface area contributed by atoms with E-state index in [0.29, 0.717) is 34.7 Å². The Kier molecular flexibility index (Phi) is 3.51. The number of hydrogen-bond donors (Lipinski definition) is 2. The molecule has 1 saturated carbocycles. The van der Waals surface area contributed by atoms with E-state index >= 15 is 0 Å². The summed E-state index contributed by atoms with van der Waals surface area (Å²) in [6.07, 6.45) is 3.53. The molecule has 0 aliphatic heterocycles. The van der Waals surface area contributed by atoms with Gasteiger partial charge in [-0.1, -0.05) is 0 Å². The van der Waals surface area contributed by atoms with Gasteiger partial charge in [0.05, 0.1) is 29.3 Å². The van der Waals surface area contributed by atoms with Crippen LogP contribution >= 0.6 is 0 Å². The molecule has 2 atom stereocenters. The van der Waals surface area contributed by atoms with Crippen LogP contribution in [0.2, 0.25) is 0 Å². The number of nitrogen functional groups attached to an aromatic ring is 1.